The van der Waals surface area contributed by atoms with Crippen LogP contribution in [-0.2, 0) is 9.53 Å². The van der Waals surface area contributed by atoms with E-state index >= 15 is 0 Å². The van der Waals surface area contributed by atoms with Crippen LogP contribution in [0.2, 0.25) is 5.02 Å². The quantitative estimate of drug-likeness (QED) is 0.452. The van der Waals surface area contributed by atoms with E-state index in [9.17, 15) is 19.7 Å². The minimum atomic E-state index is -0.890. The van der Waals surface area contributed by atoms with E-state index in [1.54, 1.807) is 0 Å². The highest BCUT2D eigenvalue weighted by molar-refractivity contribution is 6.31. The first-order chi connectivity index (χ1) is 12.5. The number of nitrogens with zero attached hydrogens (tertiary/aromatic N) is 2. The minimum Gasteiger partial charge on any atom is -0.452 e. The summed E-state index contributed by atoms with van der Waals surface area (Å²) in [6, 6.07) is 3.95. The maximum atomic E-state index is 12.6. The summed E-state index contributed by atoms with van der Waals surface area (Å²) in [4.78, 5) is 37.0. The maximum absolute atomic E-state index is 12.6. The monoisotopic (exact) mass is 380 g/mol. The molecular formula is C18H21ClN2O5. The van der Waals surface area contributed by atoms with Crippen molar-refractivity contribution in [3.05, 3.63) is 38.9 Å². The molecule has 0 bridgehead atoms. The zero-order chi connectivity index (χ0) is 18.7. The molecule has 2 atom stereocenters. The predicted molar refractivity (Wildman–Crippen MR) is 95.1 cm³/mol. The third-order valence-electron chi connectivity index (χ3n) is 5.27. The highest BCUT2D eigenvalue weighted by Crippen LogP contribution is 2.35. The van der Waals surface area contributed by atoms with Gasteiger partial charge in [0.1, 0.15) is 5.56 Å². The number of fused-ring (bicyclic) bond motifs is 1. The van der Waals surface area contributed by atoms with E-state index in [0.717, 1.165) is 38.2 Å². The Morgan fingerprint density at radius 3 is 2.73 bits per heavy atom. The molecule has 1 amide bonds. The van der Waals surface area contributed by atoms with Crippen molar-refractivity contribution in [1.82, 2.24) is 4.90 Å². The molecule has 1 aliphatic heterocycles. The Labute approximate surface area is 156 Å². The molecule has 1 saturated carbocycles. The van der Waals surface area contributed by atoms with Crippen LogP contribution >= 0.6 is 11.6 Å². The van der Waals surface area contributed by atoms with Gasteiger partial charge in [-0.1, -0.05) is 24.4 Å². The van der Waals surface area contributed by atoms with E-state index in [-0.39, 0.29) is 22.5 Å². The van der Waals surface area contributed by atoms with Crippen LogP contribution in [0.25, 0.3) is 0 Å². The van der Waals surface area contributed by atoms with Gasteiger partial charge in [0.15, 0.2) is 6.61 Å². The lowest BCUT2D eigenvalue weighted by atomic mass is 9.78. The summed E-state index contributed by atoms with van der Waals surface area (Å²) in [7, 11) is 0. The molecule has 0 aromatic heterocycles. The van der Waals surface area contributed by atoms with Crippen molar-refractivity contribution in [3.63, 3.8) is 0 Å². The molecule has 26 heavy (non-hydrogen) atoms. The molecule has 2 fully saturated rings. The van der Waals surface area contributed by atoms with Crippen molar-refractivity contribution < 1.29 is 19.2 Å². The highest BCUT2D eigenvalue weighted by Gasteiger charge is 2.36. The Morgan fingerprint density at radius 1 is 1.23 bits per heavy atom. The Hall–Kier alpha value is -2.15. The van der Waals surface area contributed by atoms with Crippen molar-refractivity contribution in [2.75, 3.05) is 13.2 Å². The second-order valence-electron chi connectivity index (χ2n) is 6.84. The van der Waals surface area contributed by atoms with Crippen molar-refractivity contribution >= 4 is 29.2 Å². The Kier molecular flexibility index (Phi) is 5.76. The minimum absolute atomic E-state index is 0.154. The van der Waals surface area contributed by atoms with Gasteiger partial charge in [0.2, 0.25) is 0 Å². The number of esters is 1. The number of piperidine rings is 1. The number of hydrogen-bond donors (Lipinski definition) is 0. The molecule has 0 spiro atoms. The van der Waals surface area contributed by atoms with E-state index < -0.39 is 23.2 Å². The molecule has 2 aliphatic rings. The molecule has 1 heterocycles. The van der Waals surface area contributed by atoms with E-state index in [1.165, 1.54) is 18.6 Å². The molecule has 0 N–H and O–H groups in total. The fourth-order valence-corrected chi connectivity index (χ4v) is 4.22. The van der Waals surface area contributed by atoms with Gasteiger partial charge < -0.3 is 9.64 Å². The third kappa shape index (κ3) is 3.98. The normalized spacial score (nSPS) is 22.4. The van der Waals surface area contributed by atoms with E-state index in [4.69, 9.17) is 16.3 Å². The summed E-state index contributed by atoms with van der Waals surface area (Å²) in [5.41, 5.74) is -0.637. The fraction of sp³-hybridized carbons (Fsp3) is 0.556. The molecule has 3 rings (SSSR count). The molecule has 8 heteroatoms. The van der Waals surface area contributed by atoms with E-state index in [1.807, 2.05) is 4.90 Å². The lowest BCUT2D eigenvalue weighted by molar-refractivity contribution is -0.385. The molecule has 1 saturated heterocycles. The first-order valence-corrected chi connectivity index (χ1v) is 9.25. The largest absolute Gasteiger partial charge is 0.452 e. The number of ether oxygens (including phenoxy) is 1. The van der Waals surface area contributed by atoms with Crippen LogP contribution in [0.1, 0.15) is 48.9 Å². The number of hydrogen-bond acceptors (Lipinski definition) is 5. The third-order valence-corrected chi connectivity index (χ3v) is 5.50. The van der Waals surface area contributed by atoms with Crippen LogP contribution in [0.3, 0.4) is 0 Å². The molecule has 1 aromatic rings. The molecular weight excluding hydrogens is 360 g/mol. The van der Waals surface area contributed by atoms with Crippen LogP contribution in [-0.4, -0.2) is 40.9 Å². The van der Waals surface area contributed by atoms with Gasteiger partial charge in [0.05, 0.1) is 4.92 Å². The molecule has 7 nitrogen and oxygen atoms in total. The molecule has 0 radical (unpaired) electrons. The van der Waals surface area contributed by atoms with Crippen molar-refractivity contribution in [2.24, 2.45) is 5.92 Å². The fourth-order valence-electron chi connectivity index (χ4n) is 4.05. The lowest BCUT2D eigenvalue weighted by Crippen LogP contribution is -2.50. The van der Waals surface area contributed by atoms with Gasteiger partial charge in [0, 0.05) is 23.7 Å². The van der Waals surface area contributed by atoms with Crippen LogP contribution in [0.5, 0.6) is 0 Å². The smallest absolute Gasteiger partial charge is 0.345 e. The summed E-state index contributed by atoms with van der Waals surface area (Å²) >= 11 is 5.74. The average Bonchev–Trinajstić information content (AvgIpc) is 2.65. The topological polar surface area (TPSA) is 89.8 Å². The van der Waals surface area contributed by atoms with Crippen molar-refractivity contribution in [2.45, 2.75) is 44.6 Å². The second-order valence-corrected chi connectivity index (χ2v) is 7.27. The standard InChI is InChI=1S/C18H21ClN2O5/c19-13-7-8-14(16(10-13)21(24)25)18(23)26-11-17(22)20-9-3-5-12-4-1-2-6-15(12)20/h7-8,10,12,15H,1-6,9,11H2/t12-,15-/m1/s1. The first kappa shape index (κ1) is 18.6. The lowest BCUT2D eigenvalue weighted by Gasteiger charge is -2.44. The van der Waals surface area contributed by atoms with Gasteiger partial charge in [0.25, 0.3) is 11.6 Å². The summed E-state index contributed by atoms with van der Waals surface area (Å²) in [6.07, 6.45) is 6.56. The van der Waals surface area contributed by atoms with Gasteiger partial charge in [-0.25, -0.2) is 4.79 Å². The molecule has 0 unspecified atom stereocenters. The Bertz CT molecular complexity index is 722. The number of carbonyl (C=O) groups is 2. The summed E-state index contributed by atoms with van der Waals surface area (Å²) in [5, 5.41) is 11.2. The van der Waals surface area contributed by atoms with Crippen LogP contribution in [0, 0.1) is 16.0 Å². The van der Waals surface area contributed by atoms with Gasteiger partial charge in [-0.15, -0.1) is 0 Å². The zero-order valence-electron chi connectivity index (χ0n) is 14.4. The average molecular weight is 381 g/mol. The SMILES string of the molecule is O=C(OCC(=O)N1CCC[C@H]2CCCC[C@H]21)c1ccc(Cl)cc1[N+](=O)[O-]. The Morgan fingerprint density at radius 2 is 1.96 bits per heavy atom. The predicted octanol–water partition coefficient (Wildman–Crippen LogP) is 3.59. The Balaban J connectivity index is 1.64. The number of halogens is 1. The second kappa shape index (κ2) is 8.03. The number of nitro groups is 1. The van der Waals surface area contributed by atoms with Gasteiger partial charge in [-0.3, -0.25) is 14.9 Å². The highest BCUT2D eigenvalue weighted by atomic mass is 35.5. The molecule has 1 aromatic carbocycles. The van der Waals surface area contributed by atoms with Crippen LogP contribution < -0.4 is 0 Å². The summed E-state index contributed by atoms with van der Waals surface area (Å²) < 4.78 is 5.08. The summed E-state index contributed by atoms with van der Waals surface area (Å²) in [6.45, 7) is 0.278. The van der Waals surface area contributed by atoms with Gasteiger partial charge >= 0.3 is 5.97 Å². The number of benzene rings is 1. The number of rotatable bonds is 4. The van der Waals surface area contributed by atoms with Gasteiger partial charge in [-0.05, 0) is 43.7 Å². The summed E-state index contributed by atoms with van der Waals surface area (Å²) in [5.74, 6) is -0.583. The zero-order valence-corrected chi connectivity index (χ0v) is 15.1. The number of carbonyl (C=O) groups excluding carboxylic acids is 2. The first-order valence-electron chi connectivity index (χ1n) is 8.88. The van der Waals surface area contributed by atoms with E-state index in [0.29, 0.717) is 12.5 Å². The number of nitro benzene ring substituents is 1. The van der Waals surface area contributed by atoms with Crippen molar-refractivity contribution in [3.8, 4) is 0 Å². The number of likely N-dealkylation sites (tertiary alicyclic amines) is 1. The van der Waals surface area contributed by atoms with Crippen LogP contribution in [0.15, 0.2) is 18.2 Å². The van der Waals surface area contributed by atoms with Crippen molar-refractivity contribution in [1.29, 1.82) is 0 Å². The molecule has 1 aliphatic carbocycles. The molecule has 140 valence electrons. The number of amides is 1. The van der Waals surface area contributed by atoms with Gasteiger partial charge in [-0.2, -0.15) is 0 Å². The maximum Gasteiger partial charge on any atom is 0.345 e. The van der Waals surface area contributed by atoms with E-state index in [2.05, 4.69) is 0 Å². The van der Waals surface area contributed by atoms with Crippen LogP contribution in [0.4, 0.5) is 5.69 Å².